The maximum absolute atomic E-state index is 13.3. The molecule has 0 amide bonds. The first-order valence-corrected chi connectivity index (χ1v) is 6.92. The van der Waals surface area contributed by atoms with Gasteiger partial charge in [-0.3, -0.25) is 10.1 Å². The molecule has 0 unspecified atom stereocenters. The molecule has 0 aliphatic carbocycles. The minimum atomic E-state index is -0.590. The molecule has 6 heteroatoms. The Balaban J connectivity index is 2.08. The summed E-state index contributed by atoms with van der Waals surface area (Å²) in [4.78, 5) is 11.1. The average molecular weight is 292 g/mol. The number of nitro groups is 1. The minimum absolute atomic E-state index is 0.223. The van der Waals surface area contributed by atoms with Gasteiger partial charge in [-0.1, -0.05) is 12.1 Å². The fourth-order valence-electron chi connectivity index (χ4n) is 1.71. The van der Waals surface area contributed by atoms with Crippen molar-refractivity contribution in [1.82, 2.24) is 0 Å². The lowest BCUT2D eigenvalue weighted by molar-refractivity contribution is -0.385. The van der Waals surface area contributed by atoms with Crippen molar-refractivity contribution in [2.75, 3.05) is 0 Å². The van der Waals surface area contributed by atoms with Gasteiger partial charge in [-0.25, -0.2) is 4.39 Å². The number of nitro benzene ring substituents is 1. The van der Waals surface area contributed by atoms with Crippen LogP contribution in [0.1, 0.15) is 11.1 Å². The van der Waals surface area contributed by atoms with Crippen LogP contribution in [0.3, 0.4) is 0 Å². The number of nitrogens with two attached hydrogens (primary N) is 1. The lowest BCUT2D eigenvalue weighted by Crippen LogP contribution is -1.95. The normalized spacial score (nSPS) is 10.5. The molecule has 0 heterocycles. The number of thioether (sulfide) groups is 1. The van der Waals surface area contributed by atoms with Crippen LogP contribution in [-0.2, 0) is 12.3 Å². The monoisotopic (exact) mass is 292 g/mol. The Labute approximate surface area is 119 Å². The van der Waals surface area contributed by atoms with Crippen LogP contribution >= 0.6 is 11.8 Å². The summed E-state index contributed by atoms with van der Waals surface area (Å²) < 4.78 is 13.3. The van der Waals surface area contributed by atoms with Gasteiger partial charge in [0.25, 0.3) is 5.69 Å². The third kappa shape index (κ3) is 3.79. The summed E-state index contributed by atoms with van der Waals surface area (Å²) in [6.07, 6.45) is 0. The van der Waals surface area contributed by atoms with E-state index in [1.165, 1.54) is 23.9 Å². The number of hydrogen-bond donors (Lipinski definition) is 1. The van der Waals surface area contributed by atoms with Gasteiger partial charge in [0, 0.05) is 23.3 Å². The molecule has 4 nitrogen and oxygen atoms in total. The molecule has 0 saturated heterocycles. The van der Waals surface area contributed by atoms with Crippen molar-refractivity contribution in [1.29, 1.82) is 0 Å². The topological polar surface area (TPSA) is 69.2 Å². The Hall–Kier alpha value is -1.92. The molecular formula is C14H13FN2O2S. The van der Waals surface area contributed by atoms with E-state index in [1.807, 2.05) is 24.3 Å². The minimum Gasteiger partial charge on any atom is -0.326 e. The quantitative estimate of drug-likeness (QED) is 0.520. The van der Waals surface area contributed by atoms with E-state index in [4.69, 9.17) is 5.73 Å². The highest BCUT2D eigenvalue weighted by Crippen LogP contribution is 2.25. The molecule has 20 heavy (non-hydrogen) atoms. The highest BCUT2D eigenvalue weighted by molar-refractivity contribution is 7.98. The molecule has 0 aromatic heterocycles. The predicted octanol–water partition coefficient (Wildman–Crippen LogP) is 3.48. The van der Waals surface area contributed by atoms with Crippen LogP contribution in [-0.4, -0.2) is 4.92 Å². The van der Waals surface area contributed by atoms with Crippen molar-refractivity contribution in [3.8, 4) is 0 Å². The molecule has 0 saturated carbocycles. The Morgan fingerprint density at radius 2 is 1.85 bits per heavy atom. The third-order valence-electron chi connectivity index (χ3n) is 2.72. The summed E-state index contributed by atoms with van der Waals surface area (Å²) in [5.74, 6) is -0.117. The standard InChI is InChI=1S/C14H13FN2O2S/c15-12-5-11(6-13(7-12)17(18)19)9-20-14-3-1-10(8-16)2-4-14/h1-7H,8-9,16H2. The van der Waals surface area contributed by atoms with E-state index < -0.39 is 10.7 Å². The van der Waals surface area contributed by atoms with E-state index >= 15 is 0 Å². The largest absolute Gasteiger partial charge is 0.326 e. The number of halogens is 1. The molecule has 104 valence electrons. The van der Waals surface area contributed by atoms with Crippen LogP contribution in [0.4, 0.5) is 10.1 Å². The van der Waals surface area contributed by atoms with E-state index in [0.29, 0.717) is 17.9 Å². The number of nitrogens with zero attached hydrogens (tertiary/aromatic N) is 1. The molecular weight excluding hydrogens is 279 g/mol. The SMILES string of the molecule is NCc1ccc(SCc2cc(F)cc([N+](=O)[O-])c2)cc1. The zero-order valence-corrected chi connectivity index (χ0v) is 11.4. The molecule has 0 bridgehead atoms. The Morgan fingerprint density at radius 1 is 1.15 bits per heavy atom. The number of rotatable bonds is 5. The lowest BCUT2D eigenvalue weighted by atomic mass is 10.2. The fourth-order valence-corrected chi connectivity index (χ4v) is 2.54. The first kappa shape index (κ1) is 14.5. The van der Waals surface area contributed by atoms with Gasteiger partial charge in [-0.05, 0) is 29.3 Å². The molecule has 0 radical (unpaired) electrons. The maximum Gasteiger partial charge on any atom is 0.272 e. The molecule has 2 rings (SSSR count). The Kier molecular flexibility index (Phi) is 4.70. The third-order valence-corrected chi connectivity index (χ3v) is 3.80. The van der Waals surface area contributed by atoms with Gasteiger partial charge in [0.2, 0.25) is 0 Å². The summed E-state index contributed by atoms with van der Waals surface area (Å²) in [5.41, 5.74) is 6.92. The fraction of sp³-hybridized carbons (Fsp3) is 0.143. The van der Waals surface area contributed by atoms with Crippen LogP contribution in [0, 0.1) is 15.9 Å². The van der Waals surface area contributed by atoms with Gasteiger partial charge in [-0.15, -0.1) is 11.8 Å². The van der Waals surface area contributed by atoms with Crippen molar-refractivity contribution in [3.63, 3.8) is 0 Å². The second kappa shape index (κ2) is 6.49. The molecule has 0 aliphatic heterocycles. The predicted molar refractivity (Wildman–Crippen MR) is 76.9 cm³/mol. The molecule has 0 fully saturated rings. The van der Waals surface area contributed by atoms with Gasteiger partial charge in [0.15, 0.2) is 0 Å². The van der Waals surface area contributed by atoms with E-state index in [-0.39, 0.29) is 5.69 Å². The van der Waals surface area contributed by atoms with E-state index in [2.05, 4.69) is 0 Å². The first-order chi connectivity index (χ1) is 9.58. The van der Waals surface area contributed by atoms with E-state index in [1.54, 1.807) is 0 Å². The van der Waals surface area contributed by atoms with Gasteiger partial charge in [-0.2, -0.15) is 0 Å². The molecule has 0 aliphatic rings. The Bertz CT molecular complexity index is 617. The molecule has 2 N–H and O–H groups in total. The van der Waals surface area contributed by atoms with Crippen LogP contribution < -0.4 is 5.73 Å². The summed E-state index contributed by atoms with van der Waals surface area (Å²) in [6.45, 7) is 0.487. The zero-order valence-electron chi connectivity index (χ0n) is 10.6. The van der Waals surface area contributed by atoms with Crippen molar-refractivity contribution in [3.05, 3.63) is 69.5 Å². The van der Waals surface area contributed by atoms with Crippen LogP contribution in [0.5, 0.6) is 0 Å². The summed E-state index contributed by atoms with van der Waals surface area (Å²) in [7, 11) is 0. The molecule has 0 spiro atoms. The van der Waals surface area contributed by atoms with Crippen molar-refractivity contribution in [2.45, 2.75) is 17.2 Å². The van der Waals surface area contributed by atoms with E-state index in [9.17, 15) is 14.5 Å². The smallest absolute Gasteiger partial charge is 0.272 e. The average Bonchev–Trinajstić information content (AvgIpc) is 2.45. The molecule has 2 aromatic rings. The zero-order chi connectivity index (χ0) is 14.5. The first-order valence-electron chi connectivity index (χ1n) is 5.94. The van der Waals surface area contributed by atoms with Crippen molar-refractivity contribution in [2.24, 2.45) is 5.73 Å². The summed E-state index contributed by atoms with van der Waals surface area (Å²) in [6, 6.07) is 11.3. The second-order valence-corrected chi connectivity index (χ2v) is 5.26. The van der Waals surface area contributed by atoms with E-state index in [0.717, 1.165) is 16.5 Å². The molecule has 2 aromatic carbocycles. The van der Waals surface area contributed by atoms with Gasteiger partial charge in [0.1, 0.15) is 5.82 Å². The van der Waals surface area contributed by atoms with Crippen LogP contribution in [0.15, 0.2) is 47.4 Å². The van der Waals surface area contributed by atoms with Gasteiger partial charge in [0.05, 0.1) is 11.0 Å². The summed E-state index contributed by atoms with van der Waals surface area (Å²) >= 11 is 1.49. The maximum atomic E-state index is 13.3. The van der Waals surface area contributed by atoms with Crippen molar-refractivity contribution < 1.29 is 9.31 Å². The number of hydrogen-bond acceptors (Lipinski definition) is 4. The molecule has 0 atom stereocenters. The van der Waals surface area contributed by atoms with Crippen LogP contribution in [0.2, 0.25) is 0 Å². The highest BCUT2D eigenvalue weighted by Gasteiger charge is 2.10. The van der Waals surface area contributed by atoms with Crippen LogP contribution in [0.25, 0.3) is 0 Å². The highest BCUT2D eigenvalue weighted by atomic mass is 32.2. The second-order valence-electron chi connectivity index (χ2n) is 4.21. The number of non-ortho nitro benzene ring substituents is 1. The van der Waals surface area contributed by atoms with Gasteiger partial charge >= 0.3 is 0 Å². The Morgan fingerprint density at radius 3 is 2.45 bits per heavy atom. The lowest BCUT2D eigenvalue weighted by Gasteiger charge is -2.04. The number of benzene rings is 2. The van der Waals surface area contributed by atoms with Gasteiger partial charge < -0.3 is 5.73 Å². The van der Waals surface area contributed by atoms with Crippen molar-refractivity contribution >= 4 is 17.4 Å². The summed E-state index contributed by atoms with van der Waals surface area (Å²) in [5, 5.41) is 10.7.